The summed E-state index contributed by atoms with van der Waals surface area (Å²) in [6.45, 7) is 9.01. The Labute approximate surface area is 181 Å². The number of hydrogen-bond donors (Lipinski definition) is 1. The number of nitrogens with zero attached hydrogens (tertiary/aromatic N) is 5. The van der Waals surface area contributed by atoms with Crippen molar-refractivity contribution in [1.29, 1.82) is 0 Å². The largest absolute Gasteiger partial charge is 0.307 e. The summed E-state index contributed by atoms with van der Waals surface area (Å²) in [5, 5.41) is 11.7. The standard InChI is InChI=1S/C24H26N6O/c1-17-20(15-27-30(17)21-7-5-6-13-25-21)23(31)28-22-12-14-26-29(22)16-18-8-10-19(11-9-18)24(2,3)4/h5-15H,16H2,1-4H3,(H,28,31). The molecule has 1 aromatic carbocycles. The fourth-order valence-electron chi connectivity index (χ4n) is 3.37. The first-order chi connectivity index (χ1) is 14.8. The molecule has 7 nitrogen and oxygen atoms in total. The minimum absolute atomic E-state index is 0.112. The molecule has 0 bridgehead atoms. The van der Waals surface area contributed by atoms with Crippen LogP contribution in [0.5, 0.6) is 0 Å². The minimum Gasteiger partial charge on any atom is -0.307 e. The van der Waals surface area contributed by atoms with E-state index in [0.717, 1.165) is 11.3 Å². The van der Waals surface area contributed by atoms with Crippen LogP contribution in [-0.2, 0) is 12.0 Å². The lowest BCUT2D eigenvalue weighted by Gasteiger charge is -2.19. The second-order valence-corrected chi connectivity index (χ2v) is 8.52. The number of benzene rings is 1. The van der Waals surface area contributed by atoms with E-state index in [2.05, 4.69) is 65.5 Å². The summed E-state index contributed by atoms with van der Waals surface area (Å²) >= 11 is 0. The van der Waals surface area contributed by atoms with Crippen LogP contribution in [0.4, 0.5) is 5.82 Å². The number of pyridine rings is 1. The molecule has 3 aromatic heterocycles. The molecule has 0 radical (unpaired) electrons. The van der Waals surface area contributed by atoms with Gasteiger partial charge in [-0.2, -0.15) is 10.2 Å². The lowest BCUT2D eigenvalue weighted by molar-refractivity contribution is 0.102. The molecule has 1 amide bonds. The first kappa shape index (κ1) is 20.5. The van der Waals surface area contributed by atoms with E-state index in [4.69, 9.17) is 0 Å². The number of amides is 1. The van der Waals surface area contributed by atoms with Crippen LogP contribution in [0.1, 0.15) is 48.0 Å². The predicted molar refractivity (Wildman–Crippen MR) is 121 cm³/mol. The lowest BCUT2D eigenvalue weighted by atomic mass is 9.87. The summed E-state index contributed by atoms with van der Waals surface area (Å²) in [4.78, 5) is 17.2. The van der Waals surface area contributed by atoms with E-state index in [1.54, 1.807) is 34.0 Å². The zero-order valence-corrected chi connectivity index (χ0v) is 18.2. The van der Waals surface area contributed by atoms with Crippen molar-refractivity contribution in [1.82, 2.24) is 24.5 Å². The van der Waals surface area contributed by atoms with Crippen molar-refractivity contribution < 1.29 is 4.79 Å². The van der Waals surface area contributed by atoms with Crippen molar-refractivity contribution in [3.05, 3.63) is 89.5 Å². The first-order valence-corrected chi connectivity index (χ1v) is 10.2. The van der Waals surface area contributed by atoms with Gasteiger partial charge >= 0.3 is 0 Å². The van der Waals surface area contributed by atoms with Crippen molar-refractivity contribution in [3.8, 4) is 5.82 Å². The van der Waals surface area contributed by atoms with Gasteiger partial charge in [-0.05, 0) is 35.6 Å². The Bertz CT molecular complexity index is 1180. The maximum atomic E-state index is 12.9. The Kier molecular flexibility index (Phi) is 5.42. The summed E-state index contributed by atoms with van der Waals surface area (Å²) in [6.07, 6.45) is 4.94. The number of anilines is 1. The number of aromatic nitrogens is 5. The summed E-state index contributed by atoms with van der Waals surface area (Å²) in [7, 11) is 0. The third kappa shape index (κ3) is 4.40. The molecule has 31 heavy (non-hydrogen) atoms. The summed E-state index contributed by atoms with van der Waals surface area (Å²) in [6, 6.07) is 15.9. The summed E-state index contributed by atoms with van der Waals surface area (Å²) in [5.74, 6) is 1.07. The predicted octanol–water partition coefficient (Wildman–Crippen LogP) is 4.37. The van der Waals surface area contributed by atoms with Gasteiger partial charge in [0.2, 0.25) is 0 Å². The van der Waals surface area contributed by atoms with Crippen molar-refractivity contribution >= 4 is 11.7 Å². The van der Waals surface area contributed by atoms with Gasteiger partial charge < -0.3 is 5.32 Å². The molecule has 158 valence electrons. The van der Waals surface area contributed by atoms with Gasteiger partial charge in [0.15, 0.2) is 5.82 Å². The van der Waals surface area contributed by atoms with Gasteiger partial charge in [-0.15, -0.1) is 0 Å². The maximum Gasteiger partial charge on any atom is 0.260 e. The molecule has 7 heteroatoms. The van der Waals surface area contributed by atoms with Crippen molar-refractivity contribution in [2.75, 3.05) is 5.32 Å². The number of hydrogen-bond acceptors (Lipinski definition) is 4. The molecule has 0 atom stereocenters. The van der Waals surface area contributed by atoms with E-state index in [1.165, 1.54) is 5.56 Å². The molecule has 0 unspecified atom stereocenters. The van der Waals surface area contributed by atoms with Crippen LogP contribution in [0, 0.1) is 6.92 Å². The average Bonchev–Trinajstić information content (AvgIpc) is 3.34. The van der Waals surface area contributed by atoms with Crippen LogP contribution in [0.2, 0.25) is 0 Å². The number of nitrogens with one attached hydrogen (secondary N) is 1. The highest BCUT2D eigenvalue weighted by atomic mass is 16.1. The second-order valence-electron chi connectivity index (χ2n) is 8.52. The monoisotopic (exact) mass is 414 g/mol. The van der Waals surface area contributed by atoms with Gasteiger partial charge in [-0.25, -0.2) is 14.3 Å². The van der Waals surface area contributed by atoms with E-state index < -0.39 is 0 Å². The molecule has 4 rings (SSSR count). The second kappa shape index (κ2) is 8.18. The molecule has 0 aliphatic rings. The van der Waals surface area contributed by atoms with Crippen LogP contribution in [0.25, 0.3) is 5.82 Å². The number of carbonyl (C=O) groups excluding carboxylic acids is 1. The Morgan fingerprint density at radius 3 is 2.45 bits per heavy atom. The molecule has 1 N–H and O–H groups in total. The van der Waals surface area contributed by atoms with Crippen molar-refractivity contribution in [2.45, 2.75) is 39.7 Å². The number of rotatable bonds is 5. The van der Waals surface area contributed by atoms with E-state index >= 15 is 0 Å². The van der Waals surface area contributed by atoms with Crippen LogP contribution in [0.3, 0.4) is 0 Å². The lowest BCUT2D eigenvalue weighted by Crippen LogP contribution is -2.17. The highest BCUT2D eigenvalue weighted by molar-refractivity contribution is 6.04. The summed E-state index contributed by atoms with van der Waals surface area (Å²) < 4.78 is 3.44. The van der Waals surface area contributed by atoms with Crippen LogP contribution in [0.15, 0.2) is 67.1 Å². The van der Waals surface area contributed by atoms with Crippen LogP contribution < -0.4 is 5.32 Å². The Hall–Kier alpha value is -3.74. The molecule has 0 spiro atoms. The minimum atomic E-state index is -0.232. The SMILES string of the molecule is Cc1c(C(=O)Nc2ccnn2Cc2ccc(C(C)(C)C)cc2)cnn1-c1ccccn1. The Morgan fingerprint density at radius 1 is 1.00 bits per heavy atom. The quantitative estimate of drug-likeness (QED) is 0.526. The Morgan fingerprint density at radius 2 is 1.77 bits per heavy atom. The topological polar surface area (TPSA) is 77.6 Å². The van der Waals surface area contributed by atoms with Gasteiger partial charge in [-0.3, -0.25) is 4.79 Å². The fraction of sp³-hybridized carbons (Fsp3) is 0.250. The molecule has 0 aliphatic heterocycles. The zero-order valence-electron chi connectivity index (χ0n) is 18.2. The molecule has 0 saturated heterocycles. The van der Waals surface area contributed by atoms with Crippen LogP contribution >= 0.6 is 0 Å². The van der Waals surface area contributed by atoms with Crippen LogP contribution in [-0.4, -0.2) is 30.5 Å². The van der Waals surface area contributed by atoms with E-state index in [1.807, 2.05) is 25.1 Å². The van der Waals surface area contributed by atoms with Crippen molar-refractivity contribution in [3.63, 3.8) is 0 Å². The first-order valence-electron chi connectivity index (χ1n) is 10.2. The molecule has 3 heterocycles. The molecule has 0 fully saturated rings. The van der Waals surface area contributed by atoms with Gasteiger partial charge in [-0.1, -0.05) is 51.1 Å². The van der Waals surface area contributed by atoms with Gasteiger partial charge in [0.1, 0.15) is 5.82 Å². The fourth-order valence-corrected chi connectivity index (χ4v) is 3.37. The number of carbonyl (C=O) groups is 1. The molecule has 4 aromatic rings. The molecular weight excluding hydrogens is 388 g/mol. The highest BCUT2D eigenvalue weighted by Crippen LogP contribution is 2.23. The van der Waals surface area contributed by atoms with Gasteiger partial charge in [0.05, 0.1) is 30.2 Å². The maximum absolute atomic E-state index is 12.9. The smallest absolute Gasteiger partial charge is 0.260 e. The normalized spacial score (nSPS) is 11.5. The molecule has 0 aliphatic carbocycles. The Balaban J connectivity index is 1.50. The molecule has 0 saturated carbocycles. The highest BCUT2D eigenvalue weighted by Gasteiger charge is 2.18. The average molecular weight is 415 g/mol. The van der Waals surface area contributed by atoms with Gasteiger partial charge in [0, 0.05) is 12.3 Å². The van der Waals surface area contributed by atoms with E-state index in [-0.39, 0.29) is 11.3 Å². The van der Waals surface area contributed by atoms with E-state index in [9.17, 15) is 4.79 Å². The zero-order chi connectivity index (χ0) is 22.0. The molecular formula is C24H26N6O. The third-order valence-electron chi connectivity index (χ3n) is 5.23. The third-order valence-corrected chi connectivity index (χ3v) is 5.23. The van der Waals surface area contributed by atoms with Crippen molar-refractivity contribution in [2.24, 2.45) is 0 Å². The summed E-state index contributed by atoms with van der Waals surface area (Å²) in [5.41, 5.74) is 3.73. The van der Waals surface area contributed by atoms with E-state index in [0.29, 0.717) is 23.7 Å². The van der Waals surface area contributed by atoms with Gasteiger partial charge in [0.25, 0.3) is 5.91 Å².